The van der Waals surface area contributed by atoms with E-state index in [4.69, 9.17) is 0 Å². The van der Waals surface area contributed by atoms with Crippen molar-refractivity contribution in [3.05, 3.63) is 76.3 Å². The van der Waals surface area contributed by atoms with Gasteiger partial charge in [-0.15, -0.1) is 11.8 Å². The van der Waals surface area contributed by atoms with Gasteiger partial charge in [-0.05, 0) is 30.7 Å². The van der Waals surface area contributed by atoms with Crippen LogP contribution in [-0.4, -0.2) is 14.8 Å². The highest BCUT2D eigenvalue weighted by Crippen LogP contribution is 2.19. The predicted octanol–water partition coefficient (Wildman–Crippen LogP) is 3.16. The zero-order valence-electron chi connectivity index (χ0n) is 11.6. The van der Waals surface area contributed by atoms with E-state index in [9.17, 15) is 4.79 Å². The Morgan fingerprint density at radius 2 is 2.00 bits per heavy atom. The molecule has 0 fully saturated rings. The minimum Gasteiger partial charge on any atom is -0.294 e. The monoisotopic (exact) mass is 297 g/mol. The maximum Gasteiger partial charge on any atom is 0.271 e. The van der Waals surface area contributed by atoms with E-state index in [1.807, 2.05) is 49.4 Å². The predicted molar refractivity (Wildman–Crippen MR) is 84.9 cm³/mol. The van der Waals surface area contributed by atoms with Gasteiger partial charge in [-0.25, -0.2) is 9.67 Å². The Labute approximate surface area is 126 Å². The van der Waals surface area contributed by atoms with Crippen LogP contribution in [0.4, 0.5) is 0 Å². The number of hydrogen-bond donors (Lipinski definition) is 1. The van der Waals surface area contributed by atoms with Crippen molar-refractivity contribution < 1.29 is 0 Å². The standard InChI is InChI=1S/C16H15N3OS/c1-12-6-2-3-7-14(12)19-16(20)10-13(18-19)11-21-15-8-4-5-9-17-15/h2-10,18H,11H2,1H3. The fourth-order valence-corrected chi connectivity index (χ4v) is 2.86. The second-order valence-electron chi connectivity index (χ2n) is 4.70. The number of aromatic amines is 1. The van der Waals surface area contributed by atoms with E-state index in [0.29, 0.717) is 5.75 Å². The Morgan fingerprint density at radius 1 is 1.19 bits per heavy atom. The maximum atomic E-state index is 12.1. The van der Waals surface area contributed by atoms with Gasteiger partial charge in [0.25, 0.3) is 5.56 Å². The van der Waals surface area contributed by atoms with Crippen molar-refractivity contribution in [2.24, 2.45) is 0 Å². The van der Waals surface area contributed by atoms with Crippen molar-refractivity contribution in [3.8, 4) is 5.69 Å². The van der Waals surface area contributed by atoms with Gasteiger partial charge in [0.05, 0.1) is 10.7 Å². The zero-order valence-corrected chi connectivity index (χ0v) is 12.4. The van der Waals surface area contributed by atoms with Gasteiger partial charge in [0.1, 0.15) is 0 Å². The van der Waals surface area contributed by atoms with Gasteiger partial charge in [0.15, 0.2) is 0 Å². The molecule has 0 aliphatic carbocycles. The number of rotatable bonds is 4. The van der Waals surface area contributed by atoms with Crippen LogP contribution in [0.25, 0.3) is 5.69 Å². The van der Waals surface area contributed by atoms with Gasteiger partial charge in [-0.1, -0.05) is 24.3 Å². The normalized spacial score (nSPS) is 10.7. The van der Waals surface area contributed by atoms with E-state index < -0.39 is 0 Å². The molecule has 2 aromatic heterocycles. The minimum atomic E-state index is -0.0408. The van der Waals surface area contributed by atoms with Crippen LogP contribution in [-0.2, 0) is 5.75 Å². The second kappa shape index (κ2) is 6.01. The Bertz CT molecular complexity index is 793. The van der Waals surface area contributed by atoms with Crippen molar-refractivity contribution in [1.82, 2.24) is 14.8 Å². The average molecular weight is 297 g/mol. The maximum absolute atomic E-state index is 12.1. The van der Waals surface area contributed by atoms with Gasteiger partial charge in [-0.3, -0.25) is 9.89 Å². The molecule has 0 spiro atoms. The highest BCUT2D eigenvalue weighted by molar-refractivity contribution is 7.98. The lowest BCUT2D eigenvalue weighted by atomic mass is 10.2. The molecule has 4 nitrogen and oxygen atoms in total. The third-order valence-corrected chi connectivity index (χ3v) is 4.14. The van der Waals surface area contributed by atoms with Gasteiger partial charge >= 0.3 is 0 Å². The molecule has 5 heteroatoms. The first-order chi connectivity index (χ1) is 10.2. The zero-order chi connectivity index (χ0) is 14.7. The van der Waals surface area contributed by atoms with Gasteiger partial charge < -0.3 is 0 Å². The summed E-state index contributed by atoms with van der Waals surface area (Å²) in [5.74, 6) is 0.686. The molecule has 0 saturated heterocycles. The van der Waals surface area contributed by atoms with Crippen LogP contribution in [0.3, 0.4) is 0 Å². The first-order valence-corrected chi connectivity index (χ1v) is 7.63. The van der Waals surface area contributed by atoms with Crippen LogP contribution in [0, 0.1) is 6.92 Å². The molecule has 0 amide bonds. The quantitative estimate of drug-likeness (QED) is 0.753. The van der Waals surface area contributed by atoms with Gasteiger partial charge in [-0.2, -0.15) is 0 Å². The lowest BCUT2D eigenvalue weighted by molar-refractivity contribution is 0.826. The molecule has 0 aliphatic rings. The summed E-state index contributed by atoms with van der Waals surface area (Å²) in [6.07, 6.45) is 1.77. The summed E-state index contributed by atoms with van der Waals surface area (Å²) in [5.41, 5.74) is 2.79. The Kier molecular flexibility index (Phi) is 3.92. The van der Waals surface area contributed by atoms with Crippen LogP contribution < -0.4 is 5.56 Å². The summed E-state index contributed by atoms with van der Waals surface area (Å²) in [5, 5.41) is 4.11. The van der Waals surface area contributed by atoms with Crippen molar-refractivity contribution in [3.63, 3.8) is 0 Å². The molecule has 0 saturated carbocycles. The summed E-state index contributed by atoms with van der Waals surface area (Å²) in [7, 11) is 0. The fourth-order valence-electron chi connectivity index (χ4n) is 2.10. The topological polar surface area (TPSA) is 50.7 Å². The molecule has 0 atom stereocenters. The van der Waals surface area contributed by atoms with Gasteiger partial charge in [0.2, 0.25) is 0 Å². The fraction of sp³-hybridized carbons (Fsp3) is 0.125. The summed E-state index contributed by atoms with van der Waals surface area (Å²) >= 11 is 1.60. The van der Waals surface area contributed by atoms with E-state index in [1.165, 1.54) is 0 Å². The third kappa shape index (κ3) is 3.08. The summed E-state index contributed by atoms with van der Waals surface area (Å²) in [6, 6.07) is 15.3. The Balaban J connectivity index is 1.82. The van der Waals surface area contributed by atoms with Crippen molar-refractivity contribution in [1.29, 1.82) is 0 Å². The first-order valence-electron chi connectivity index (χ1n) is 6.65. The molecular formula is C16H15N3OS. The number of nitrogens with one attached hydrogen (secondary N) is 1. The number of benzene rings is 1. The van der Waals surface area contributed by atoms with Crippen LogP contribution in [0.15, 0.2) is 64.5 Å². The molecule has 0 radical (unpaired) electrons. The summed E-state index contributed by atoms with van der Waals surface area (Å²) in [4.78, 5) is 16.4. The number of H-pyrrole nitrogens is 1. The average Bonchev–Trinajstić information content (AvgIpc) is 2.88. The van der Waals surface area contributed by atoms with Crippen molar-refractivity contribution >= 4 is 11.8 Å². The third-order valence-electron chi connectivity index (χ3n) is 3.14. The van der Waals surface area contributed by atoms with E-state index in [0.717, 1.165) is 22.0 Å². The largest absolute Gasteiger partial charge is 0.294 e. The lowest BCUT2D eigenvalue weighted by Crippen LogP contribution is -2.14. The molecule has 0 unspecified atom stereocenters. The second-order valence-corrected chi connectivity index (χ2v) is 5.69. The van der Waals surface area contributed by atoms with Crippen LogP contribution in [0.5, 0.6) is 0 Å². The van der Waals surface area contributed by atoms with Crippen LogP contribution >= 0.6 is 11.8 Å². The number of nitrogens with zero attached hydrogens (tertiary/aromatic N) is 2. The number of hydrogen-bond acceptors (Lipinski definition) is 3. The Hall–Kier alpha value is -2.27. The van der Waals surface area contributed by atoms with Crippen LogP contribution in [0.2, 0.25) is 0 Å². The number of pyridine rings is 1. The molecule has 3 aromatic rings. The molecule has 106 valence electrons. The molecule has 21 heavy (non-hydrogen) atoms. The van der Waals surface area contributed by atoms with E-state index in [-0.39, 0.29) is 5.56 Å². The summed E-state index contributed by atoms with van der Waals surface area (Å²) < 4.78 is 1.59. The molecule has 1 N–H and O–H groups in total. The number of para-hydroxylation sites is 1. The molecular weight excluding hydrogens is 282 g/mol. The van der Waals surface area contributed by atoms with E-state index >= 15 is 0 Å². The number of aromatic nitrogens is 3. The van der Waals surface area contributed by atoms with E-state index in [1.54, 1.807) is 28.7 Å². The van der Waals surface area contributed by atoms with E-state index in [2.05, 4.69) is 10.1 Å². The SMILES string of the molecule is Cc1ccccc1-n1[nH]c(CSc2ccccn2)cc1=O. The molecule has 0 aliphatic heterocycles. The first kappa shape index (κ1) is 13.7. The minimum absolute atomic E-state index is 0.0408. The van der Waals surface area contributed by atoms with Gasteiger partial charge in [0, 0.05) is 23.7 Å². The smallest absolute Gasteiger partial charge is 0.271 e. The highest BCUT2D eigenvalue weighted by Gasteiger charge is 2.07. The van der Waals surface area contributed by atoms with Crippen molar-refractivity contribution in [2.75, 3.05) is 0 Å². The molecule has 1 aromatic carbocycles. The number of thioether (sulfide) groups is 1. The number of aryl methyl sites for hydroxylation is 1. The highest BCUT2D eigenvalue weighted by atomic mass is 32.2. The summed E-state index contributed by atoms with van der Waals surface area (Å²) in [6.45, 7) is 1.99. The lowest BCUT2D eigenvalue weighted by Gasteiger charge is -2.05. The molecule has 0 bridgehead atoms. The molecule has 3 rings (SSSR count). The van der Waals surface area contributed by atoms with Crippen LogP contribution in [0.1, 0.15) is 11.3 Å². The van der Waals surface area contributed by atoms with Crippen molar-refractivity contribution in [2.45, 2.75) is 17.7 Å². The molecule has 2 heterocycles. The Morgan fingerprint density at radius 3 is 2.76 bits per heavy atom.